The van der Waals surface area contributed by atoms with Crippen molar-refractivity contribution in [2.75, 3.05) is 33.2 Å². The molecule has 1 aliphatic rings. The average molecular weight is 214 g/mol. The van der Waals surface area contributed by atoms with Crippen molar-refractivity contribution in [3.8, 4) is 0 Å². The lowest BCUT2D eigenvalue weighted by molar-refractivity contribution is -0.0754. The maximum absolute atomic E-state index is 5.73. The summed E-state index contributed by atoms with van der Waals surface area (Å²) < 4.78 is 5.73. The first kappa shape index (κ1) is 12.9. The van der Waals surface area contributed by atoms with E-state index in [1.54, 1.807) is 0 Å². The van der Waals surface area contributed by atoms with E-state index >= 15 is 0 Å². The number of morpholine rings is 1. The van der Waals surface area contributed by atoms with E-state index < -0.39 is 0 Å². The first-order valence-electron chi connectivity index (χ1n) is 5.95. The Balaban J connectivity index is 2.43. The molecule has 1 rings (SSSR count). The summed E-state index contributed by atoms with van der Waals surface area (Å²) in [5.41, 5.74) is 0.339. The summed E-state index contributed by atoms with van der Waals surface area (Å²) in [5.74, 6) is 0. The third-order valence-electron chi connectivity index (χ3n) is 2.80. The van der Waals surface area contributed by atoms with E-state index in [2.05, 4.69) is 37.9 Å². The van der Waals surface area contributed by atoms with Gasteiger partial charge in [-0.1, -0.05) is 13.8 Å². The number of nitrogens with one attached hydrogen (secondary N) is 1. The van der Waals surface area contributed by atoms with Gasteiger partial charge in [0, 0.05) is 26.2 Å². The minimum atomic E-state index is 0.339. The first-order chi connectivity index (χ1) is 6.93. The molecule has 1 fully saturated rings. The van der Waals surface area contributed by atoms with Crippen LogP contribution in [0.1, 0.15) is 27.7 Å². The van der Waals surface area contributed by atoms with Crippen LogP contribution >= 0.6 is 0 Å². The van der Waals surface area contributed by atoms with Gasteiger partial charge in [0.15, 0.2) is 0 Å². The predicted octanol–water partition coefficient (Wildman–Crippen LogP) is 1.34. The first-order valence-corrected chi connectivity index (χ1v) is 5.95. The highest BCUT2D eigenvalue weighted by molar-refractivity contribution is 4.80. The second-order valence-corrected chi connectivity index (χ2v) is 5.65. The van der Waals surface area contributed by atoms with Crippen molar-refractivity contribution in [2.24, 2.45) is 5.41 Å². The molecule has 15 heavy (non-hydrogen) atoms. The molecule has 1 aliphatic heterocycles. The van der Waals surface area contributed by atoms with Crippen molar-refractivity contribution >= 4 is 0 Å². The second-order valence-electron chi connectivity index (χ2n) is 5.65. The summed E-state index contributed by atoms with van der Waals surface area (Å²) in [6, 6.07) is 0. The van der Waals surface area contributed by atoms with Crippen LogP contribution in [0.5, 0.6) is 0 Å². The molecule has 2 unspecified atom stereocenters. The lowest BCUT2D eigenvalue weighted by Gasteiger charge is -2.39. The normalized spacial score (nSPS) is 29.4. The Hall–Kier alpha value is -0.120. The highest BCUT2D eigenvalue weighted by Gasteiger charge is 2.27. The summed E-state index contributed by atoms with van der Waals surface area (Å²) in [6.07, 6.45) is 0.748. The van der Waals surface area contributed by atoms with Crippen molar-refractivity contribution in [3.63, 3.8) is 0 Å². The van der Waals surface area contributed by atoms with E-state index in [0.717, 1.165) is 26.2 Å². The van der Waals surface area contributed by atoms with E-state index in [1.165, 1.54) is 0 Å². The van der Waals surface area contributed by atoms with Gasteiger partial charge >= 0.3 is 0 Å². The zero-order valence-corrected chi connectivity index (χ0v) is 10.8. The molecule has 1 N–H and O–H groups in total. The molecule has 0 aliphatic carbocycles. The van der Waals surface area contributed by atoms with Crippen LogP contribution < -0.4 is 5.32 Å². The molecule has 1 saturated heterocycles. The largest absolute Gasteiger partial charge is 0.373 e. The standard InChI is InChI=1S/C12H26N2O/c1-10-6-14(7-11(2)15-10)9-12(3,4)8-13-5/h10-11,13H,6-9H2,1-5H3. The third-order valence-corrected chi connectivity index (χ3v) is 2.80. The summed E-state index contributed by atoms with van der Waals surface area (Å²) in [5, 5.41) is 3.26. The number of nitrogens with zero attached hydrogens (tertiary/aromatic N) is 1. The maximum atomic E-state index is 5.73. The van der Waals surface area contributed by atoms with Crippen LogP contribution in [-0.4, -0.2) is 50.3 Å². The predicted molar refractivity (Wildman–Crippen MR) is 64.2 cm³/mol. The lowest BCUT2D eigenvalue weighted by Crippen LogP contribution is -2.50. The van der Waals surface area contributed by atoms with Gasteiger partial charge in [0.05, 0.1) is 12.2 Å². The molecule has 0 amide bonds. The Morgan fingerprint density at radius 2 is 1.80 bits per heavy atom. The van der Waals surface area contributed by atoms with E-state index in [-0.39, 0.29) is 0 Å². The Morgan fingerprint density at radius 1 is 1.27 bits per heavy atom. The Morgan fingerprint density at radius 3 is 2.27 bits per heavy atom. The van der Waals surface area contributed by atoms with E-state index in [9.17, 15) is 0 Å². The van der Waals surface area contributed by atoms with Gasteiger partial charge in [0.2, 0.25) is 0 Å². The molecular formula is C12H26N2O. The molecular weight excluding hydrogens is 188 g/mol. The highest BCUT2D eigenvalue weighted by Crippen LogP contribution is 2.19. The number of hydrogen-bond donors (Lipinski definition) is 1. The van der Waals surface area contributed by atoms with Crippen molar-refractivity contribution in [1.82, 2.24) is 10.2 Å². The molecule has 0 bridgehead atoms. The Labute approximate surface area is 94.2 Å². The SMILES string of the molecule is CNCC(C)(C)CN1CC(C)OC(C)C1. The van der Waals surface area contributed by atoms with Crippen molar-refractivity contribution in [3.05, 3.63) is 0 Å². The van der Waals surface area contributed by atoms with Gasteiger partial charge < -0.3 is 10.1 Å². The quantitative estimate of drug-likeness (QED) is 0.764. The Kier molecular flexibility index (Phi) is 4.56. The second kappa shape index (κ2) is 5.28. The van der Waals surface area contributed by atoms with Crippen LogP contribution in [0.4, 0.5) is 0 Å². The molecule has 0 radical (unpaired) electrons. The summed E-state index contributed by atoms with van der Waals surface area (Å²) in [7, 11) is 2.02. The molecule has 0 spiro atoms. The summed E-state index contributed by atoms with van der Waals surface area (Å²) in [4.78, 5) is 2.52. The zero-order chi connectivity index (χ0) is 11.5. The molecule has 0 saturated carbocycles. The number of rotatable bonds is 4. The molecule has 1 heterocycles. The Bertz CT molecular complexity index is 184. The van der Waals surface area contributed by atoms with Gasteiger partial charge in [-0.25, -0.2) is 0 Å². The van der Waals surface area contributed by atoms with Crippen LogP contribution in [0.3, 0.4) is 0 Å². The zero-order valence-electron chi connectivity index (χ0n) is 10.8. The van der Waals surface area contributed by atoms with Gasteiger partial charge in [-0.2, -0.15) is 0 Å². The van der Waals surface area contributed by atoms with Crippen LogP contribution in [0.2, 0.25) is 0 Å². The highest BCUT2D eigenvalue weighted by atomic mass is 16.5. The van der Waals surface area contributed by atoms with Crippen molar-refractivity contribution in [2.45, 2.75) is 39.9 Å². The van der Waals surface area contributed by atoms with E-state index in [4.69, 9.17) is 4.74 Å². The summed E-state index contributed by atoms with van der Waals surface area (Å²) in [6.45, 7) is 13.3. The average Bonchev–Trinajstić information content (AvgIpc) is 1.99. The van der Waals surface area contributed by atoms with Crippen LogP contribution in [0.15, 0.2) is 0 Å². The number of ether oxygens (including phenoxy) is 1. The maximum Gasteiger partial charge on any atom is 0.0678 e. The molecule has 90 valence electrons. The number of hydrogen-bond acceptors (Lipinski definition) is 3. The van der Waals surface area contributed by atoms with Gasteiger partial charge in [-0.15, -0.1) is 0 Å². The van der Waals surface area contributed by atoms with Crippen LogP contribution in [-0.2, 0) is 4.74 Å². The molecule has 3 nitrogen and oxygen atoms in total. The van der Waals surface area contributed by atoms with Gasteiger partial charge in [0.1, 0.15) is 0 Å². The van der Waals surface area contributed by atoms with E-state index in [0.29, 0.717) is 17.6 Å². The smallest absolute Gasteiger partial charge is 0.0678 e. The fourth-order valence-corrected chi connectivity index (χ4v) is 2.55. The lowest BCUT2D eigenvalue weighted by atomic mass is 9.92. The van der Waals surface area contributed by atoms with Crippen LogP contribution in [0.25, 0.3) is 0 Å². The summed E-state index contributed by atoms with van der Waals surface area (Å²) >= 11 is 0. The van der Waals surface area contributed by atoms with Gasteiger partial charge in [-0.3, -0.25) is 4.90 Å². The van der Waals surface area contributed by atoms with Crippen molar-refractivity contribution < 1.29 is 4.74 Å². The van der Waals surface area contributed by atoms with Crippen LogP contribution in [0, 0.1) is 5.41 Å². The van der Waals surface area contributed by atoms with Gasteiger partial charge in [-0.05, 0) is 26.3 Å². The molecule has 0 aromatic rings. The fourth-order valence-electron chi connectivity index (χ4n) is 2.55. The molecule has 0 aromatic carbocycles. The molecule has 2 atom stereocenters. The van der Waals surface area contributed by atoms with Gasteiger partial charge in [0.25, 0.3) is 0 Å². The minimum Gasteiger partial charge on any atom is -0.373 e. The minimum absolute atomic E-state index is 0.339. The van der Waals surface area contributed by atoms with E-state index in [1.807, 2.05) is 7.05 Å². The molecule has 3 heteroatoms. The van der Waals surface area contributed by atoms with Crippen molar-refractivity contribution in [1.29, 1.82) is 0 Å². The topological polar surface area (TPSA) is 24.5 Å². The third kappa shape index (κ3) is 4.49. The fraction of sp³-hybridized carbons (Fsp3) is 1.00. The monoisotopic (exact) mass is 214 g/mol. The molecule has 0 aromatic heterocycles.